The van der Waals surface area contributed by atoms with Gasteiger partial charge in [0.25, 0.3) is 0 Å². The maximum Gasteiger partial charge on any atom is 0.323 e. The van der Waals surface area contributed by atoms with Crippen molar-refractivity contribution in [2.24, 2.45) is 11.3 Å². The van der Waals surface area contributed by atoms with Crippen molar-refractivity contribution in [3.63, 3.8) is 0 Å². The van der Waals surface area contributed by atoms with Crippen LogP contribution in [0.3, 0.4) is 0 Å². The molecule has 1 unspecified atom stereocenters. The number of ether oxygens (including phenoxy) is 1. The lowest BCUT2D eigenvalue weighted by atomic mass is 9.77. The summed E-state index contributed by atoms with van der Waals surface area (Å²) < 4.78 is 5.37. The van der Waals surface area contributed by atoms with Gasteiger partial charge >= 0.3 is 5.97 Å². The van der Waals surface area contributed by atoms with E-state index in [2.05, 4.69) is 19.2 Å². The first-order chi connectivity index (χ1) is 7.59. The highest BCUT2D eigenvalue weighted by molar-refractivity contribution is 5.77. The highest BCUT2D eigenvalue weighted by Gasteiger charge is 2.38. The van der Waals surface area contributed by atoms with Gasteiger partial charge < -0.3 is 10.1 Å². The summed E-state index contributed by atoms with van der Waals surface area (Å²) in [7, 11) is 0. The summed E-state index contributed by atoms with van der Waals surface area (Å²) in [4.78, 5) is 11.9. The summed E-state index contributed by atoms with van der Waals surface area (Å²) in [5.41, 5.74) is 0.0366. The number of hydrogen-bond donors (Lipinski definition) is 1. The van der Waals surface area contributed by atoms with Crippen LogP contribution >= 0.6 is 0 Å². The first kappa shape index (κ1) is 11.9. The molecule has 1 aliphatic carbocycles. The maximum atomic E-state index is 11.9. The Hall–Kier alpha value is -0.570. The average Bonchev–Trinajstić information content (AvgIpc) is 3.00. The second-order valence-corrected chi connectivity index (χ2v) is 5.88. The van der Waals surface area contributed by atoms with Crippen LogP contribution in [-0.2, 0) is 9.53 Å². The molecule has 2 rings (SSSR count). The summed E-state index contributed by atoms with van der Waals surface area (Å²) in [6.07, 6.45) is 5.95. The summed E-state index contributed by atoms with van der Waals surface area (Å²) in [6, 6.07) is -0.111. The van der Waals surface area contributed by atoms with Crippen LogP contribution in [0.1, 0.15) is 46.0 Å². The molecule has 16 heavy (non-hydrogen) atoms. The molecule has 0 radical (unpaired) electrons. The Morgan fingerprint density at radius 2 is 2.19 bits per heavy atom. The standard InChI is InChI=1S/C13H23NO2/c1-13(2)7-3-8-14-11(13)12(15)16-9-6-10-4-5-10/h10-11,14H,3-9H2,1-2H3. The van der Waals surface area contributed by atoms with Crippen molar-refractivity contribution in [1.29, 1.82) is 0 Å². The fourth-order valence-electron chi connectivity index (χ4n) is 2.43. The number of esters is 1. The second kappa shape index (κ2) is 4.74. The molecule has 0 aromatic rings. The largest absolute Gasteiger partial charge is 0.465 e. The lowest BCUT2D eigenvalue weighted by Crippen LogP contribution is -2.52. The van der Waals surface area contributed by atoms with Crippen molar-refractivity contribution in [1.82, 2.24) is 5.32 Å². The van der Waals surface area contributed by atoms with Crippen molar-refractivity contribution in [2.45, 2.75) is 52.0 Å². The Kier molecular flexibility index (Phi) is 3.53. The summed E-state index contributed by atoms with van der Waals surface area (Å²) in [5, 5.41) is 3.29. The molecule has 3 heteroatoms. The Morgan fingerprint density at radius 3 is 2.81 bits per heavy atom. The molecule has 1 aliphatic heterocycles. The molecule has 92 valence electrons. The lowest BCUT2D eigenvalue weighted by molar-refractivity contribution is -0.150. The lowest BCUT2D eigenvalue weighted by Gasteiger charge is -2.37. The topological polar surface area (TPSA) is 38.3 Å². The van der Waals surface area contributed by atoms with Crippen LogP contribution in [0.4, 0.5) is 0 Å². The number of carbonyl (C=O) groups is 1. The van der Waals surface area contributed by atoms with Crippen LogP contribution in [0.25, 0.3) is 0 Å². The van der Waals surface area contributed by atoms with Crippen molar-refractivity contribution < 1.29 is 9.53 Å². The van der Waals surface area contributed by atoms with Gasteiger partial charge in [-0.1, -0.05) is 26.7 Å². The van der Waals surface area contributed by atoms with Gasteiger partial charge in [0.2, 0.25) is 0 Å². The van der Waals surface area contributed by atoms with Crippen LogP contribution < -0.4 is 5.32 Å². The van der Waals surface area contributed by atoms with Gasteiger partial charge in [0.1, 0.15) is 6.04 Å². The van der Waals surface area contributed by atoms with E-state index in [4.69, 9.17) is 4.74 Å². The zero-order valence-electron chi connectivity index (χ0n) is 10.4. The molecule has 2 fully saturated rings. The number of hydrogen-bond acceptors (Lipinski definition) is 3. The molecule has 1 saturated heterocycles. The minimum absolute atomic E-state index is 0.0366. The molecular weight excluding hydrogens is 202 g/mol. The Bertz CT molecular complexity index is 259. The monoisotopic (exact) mass is 225 g/mol. The number of rotatable bonds is 4. The Balaban J connectivity index is 1.77. The predicted octanol–water partition coefficient (Wildman–Crippen LogP) is 2.11. The fourth-order valence-corrected chi connectivity index (χ4v) is 2.43. The third-order valence-electron chi connectivity index (χ3n) is 3.83. The highest BCUT2D eigenvalue weighted by atomic mass is 16.5. The first-order valence-corrected chi connectivity index (χ1v) is 6.49. The van der Waals surface area contributed by atoms with E-state index in [1.54, 1.807) is 0 Å². The van der Waals surface area contributed by atoms with E-state index in [0.29, 0.717) is 6.61 Å². The van der Waals surface area contributed by atoms with Gasteiger partial charge in [-0.2, -0.15) is 0 Å². The number of piperidine rings is 1. The Morgan fingerprint density at radius 1 is 1.44 bits per heavy atom. The van der Waals surface area contributed by atoms with Crippen LogP contribution in [-0.4, -0.2) is 25.2 Å². The average molecular weight is 225 g/mol. The van der Waals surface area contributed by atoms with Gasteiger partial charge in [-0.05, 0) is 37.1 Å². The van der Waals surface area contributed by atoms with Crippen molar-refractivity contribution >= 4 is 5.97 Å². The number of nitrogens with one attached hydrogen (secondary N) is 1. The summed E-state index contributed by atoms with van der Waals surface area (Å²) in [5.74, 6) is 0.783. The normalized spacial score (nSPS) is 28.8. The fraction of sp³-hybridized carbons (Fsp3) is 0.923. The molecule has 1 heterocycles. The van der Waals surface area contributed by atoms with E-state index in [1.165, 1.54) is 12.8 Å². The Labute approximate surface area is 97.9 Å². The van der Waals surface area contributed by atoms with E-state index in [9.17, 15) is 4.79 Å². The van der Waals surface area contributed by atoms with Crippen molar-refractivity contribution in [2.75, 3.05) is 13.2 Å². The molecule has 2 aliphatic rings. The van der Waals surface area contributed by atoms with Crippen LogP contribution in [0.5, 0.6) is 0 Å². The zero-order chi connectivity index (χ0) is 11.6. The first-order valence-electron chi connectivity index (χ1n) is 6.49. The van der Waals surface area contributed by atoms with Gasteiger partial charge in [0.05, 0.1) is 6.61 Å². The zero-order valence-corrected chi connectivity index (χ0v) is 10.4. The minimum Gasteiger partial charge on any atom is -0.465 e. The van der Waals surface area contributed by atoms with E-state index >= 15 is 0 Å². The summed E-state index contributed by atoms with van der Waals surface area (Å²) >= 11 is 0. The molecule has 3 nitrogen and oxygen atoms in total. The highest BCUT2D eigenvalue weighted by Crippen LogP contribution is 2.33. The van der Waals surface area contributed by atoms with Gasteiger partial charge in [-0.25, -0.2) is 0 Å². The second-order valence-electron chi connectivity index (χ2n) is 5.88. The van der Waals surface area contributed by atoms with Crippen LogP contribution in [0.15, 0.2) is 0 Å². The molecular formula is C13H23NO2. The molecule has 0 spiro atoms. The third kappa shape index (κ3) is 2.97. The van der Waals surface area contributed by atoms with Crippen LogP contribution in [0, 0.1) is 11.3 Å². The van der Waals surface area contributed by atoms with E-state index in [1.807, 2.05) is 0 Å². The molecule has 0 amide bonds. The smallest absolute Gasteiger partial charge is 0.323 e. The molecule has 1 saturated carbocycles. The van der Waals surface area contributed by atoms with Crippen molar-refractivity contribution in [3.05, 3.63) is 0 Å². The van der Waals surface area contributed by atoms with Gasteiger partial charge in [-0.15, -0.1) is 0 Å². The minimum atomic E-state index is -0.111. The van der Waals surface area contributed by atoms with Gasteiger partial charge in [0.15, 0.2) is 0 Å². The van der Waals surface area contributed by atoms with Crippen LogP contribution in [0.2, 0.25) is 0 Å². The van der Waals surface area contributed by atoms with E-state index in [-0.39, 0.29) is 17.4 Å². The third-order valence-corrected chi connectivity index (χ3v) is 3.83. The quantitative estimate of drug-likeness (QED) is 0.745. The van der Waals surface area contributed by atoms with Gasteiger partial charge in [-0.3, -0.25) is 4.79 Å². The van der Waals surface area contributed by atoms with E-state index < -0.39 is 0 Å². The number of carbonyl (C=O) groups excluding carboxylic acids is 1. The van der Waals surface area contributed by atoms with Crippen molar-refractivity contribution in [3.8, 4) is 0 Å². The molecule has 0 aromatic heterocycles. The molecule has 0 bridgehead atoms. The summed E-state index contributed by atoms with van der Waals surface area (Å²) in [6.45, 7) is 5.83. The predicted molar refractivity (Wildman–Crippen MR) is 63.1 cm³/mol. The maximum absolute atomic E-state index is 11.9. The van der Waals surface area contributed by atoms with Gasteiger partial charge in [0, 0.05) is 0 Å². The van der Waals surface area contributed by atoms with E-state index in [0.717, 1.165) is 31.7 Å². The molecule has 0 aromatic carbocycles. The molecule has 1 atom stereocenters. The SMILES string of the molecule is CC1(C)CCCNC1C(=O)OCCC1CC1. The molecule has 1 N–H and O–H groups in total.